The average Bonchev–Trinajstić information content (AvgIpc) is 3.40. The van der Waals surface area contributed by atoms with E-state index in [-0.39, 0.29) is 11.9 Å². The first-order valence-corrected chi connectivity index (χ1v) is 11.5. The standard InChI is InChI=1S/C23H24ClFN2O2S/c24-20-5-1-19(2-6-20)14-30-15-22-13-28-23(29-22,16-27-12-11-26-17-27)10-9-18-3-7-21(25)8-4-18/h1-8,11-12,17,22H,9-10,13-16H2. The maximum Gasteiger partial charge on any atom is 0.187 e. The van der Waals surface area contributed by atoms with Crippen molar-refractivity contribution in [3.05, 3.63) is 89.2 Å². The van der Waals surface area contributed by atoms with Crippen LogP contribution >= 0.6 is 23.4 Å². The van der Waals surface area contributed by atoms with Crippen LogP contribution in [0.5, 0.6) is 0 Å². The minimum atomic E-state index is -0.708. The van der Waals surface area contributed by atoms with Gasteiger partial charge in [-0.2, -0.15) is 11.8 Å². The highest BCUT2D eigenvalue weighted by molar-refractivity contribution is 7.98. The summed E-state index contributed by atoms with van der Waals surface area (Å²) in [6, 6.07) is 14.5. The minimum absolute atomic E-state index is 0.0269. The number of benzene rings is 2. The number of rotatable bonds is 9. The van der Waals surface area contributed by atoms with Crippen molar-refractivity contribution in [3.8, 4) is 0 Å². The third-order valence-electron chi connectivity index (χ3n) is 5.09. The molecule has 0 radical (unpaired) electrons. The summed E-state index contributed by atoms with van der Waals surface area (Å²) < 4.78 is 27.8. The number of aryl methyl sites for hydroxylation is 1. The van der Waals surface area contributed by atoms with E-state index in [1.54, 1.807) is 12.5 Å². The summed E-state index contributed by atoms with van der Waals surface area (Å²) in [5.74, 6) is 0.824. The molecule has 2 unspecified atom stereocenters. The van der Waals surface area contributed by atoms with Crippen molar-refractivity contribution >= 4 is 23.4 Å². The largest absolute Gasteiger partial charge is 0.345 e. The van der Waals surface area contributed by atoms with E-state index in [2.05, 4.69) is 4.98 Å². The molecule has 1 aliphatic rings. The molecule has 1 aromatic heterocycles. The van der Waals surface area contributed by atoms with Crippen molar-refractivity contribution < 1.29 is 13.9 Å². The van der Waals surface area contributed by atoms with Gasteiger partial charge in [0.2, 0.25) is 0 Å². The fraction of sp³-hybridized carbons (Fsp3) is 0.348. The smallest absolute Gasteiger partial charge is 0.187 e. The Morgan fingerprint density at radius 2 is 1.90 bits per heavy atom. The van der Waals surface area contributed by atoms with E-state index in [4.69, 9.17) is 21.1 Å². The highest BCUT2D eigenvalue weighted by Crippen LogP contribution is 2.32. The number of imidazole rings is 1. The molecule has 0 spiro atoms. The second-order valence-corrected chi connectivity index (χ2v) is 8.93. The predicted molar refractivity (Wildman–Crippen MR) is 118 cm³/mol. The van der Waals surface area contributed by atoms with E-state index in [0.29, 0.717) is 19.6 Å². The Bertz CT molecular complexity index is 921. The van der Waals surface area contributed by atoms with E-state index in [1.807, 2.05) is 58.9 Å². The molecule has 7 heteroatoms. The van der Waals surface area contributed by atoms with Gasteiger partial charge >= 0.3 is 0 Å². The summed E-state index contributed by atoms with van der Waals surface area (Å²) >= 11 is 7.78. The topological polar surface area (TPSA) is 36.3 Å². The molecular formula is C23H24ClFN2O2S. The lowest BCUT2D eigenvalue weighted by molar-refractivity contribution is -0.180. The van der Waals surface area contributed by atoms with Crippen molar-refractivity contribution in [2.45, 2.75) is 37.0 Å². The number of nitrogens with zero attached hydrogens (tertiary/aromatic N) is 2. The predicted octanol–water partition coefficient (Wildman–Crippen LogP) is 5.35. The zero-order valence-electron chi connectivity index (χ0n) is 16.5. The minimum Gasteiger partial charge on any atom is -0.345 e. The number of thioether (sulfide) groups is 1. The molecule has 4 nitrogen and oxygen atoms in total. The Morgan fingerprint density at radius 3 is 2.63 bits per heavy atom. The normalized spacial score (nSPS) is 21.2. The van der Waals surface area contributed by atoms with E-state index in [1.165, 1.54) is 17.7 Å². The fourth-order valence-electron chi connectivity index (χ4n) is 3.52. The van der Waals surface area contributed by atoms with Gasteiger partial charge < -0.3 is 14.0 Å². The van der Waals surface area contributed by atoms with E-state index < -0.39 is 5.79 Å². The van der Waals surface area contributed by atoms with Crippen LogP contribution in [-0.4, -0.2) is 33.8 Å². The van der Waals surface area contributed by atoms with Crippen LogP contribution in [-0.2, 0) is 28.2 Å². The van der Waals surface area contributed by atoms with Gasteiger partial charge in [-0.1, -0.05) is 35.9 Å². The zero-order valence-corrected chi connectivity index (χ0v) is 18.1. The first-order chi connectivity index (χ1) is 14.6. The summed E-state index contributed by atoms with van der Waals surface area (Å²) in [7, 11) is 0. The van der Waals surface area contributed by atoms with Gasteiger partial charge in [0, 0.05) is 35.3 Å². The first kappa shape index (κ1) is 21.4. The van der Waals surface area contributed by atoms with Crippen LogP contribution in [0.2, 0.25) is 5.02 Å². The molecule has 4 rings (SSSR count). The van der Waals surface area contributed by atoms with Crippen LogP contribution < -0.4 is 0 Å². The number of hydrogen-bond acceptors (Lipinski definition) is 4. The van der Waals surface area contributed by atoms with Gasteiger partial charge in [0.15, 0.2) is 5.79 Å². The van der Waals surface area contributed by atoms with Crippen molar-refractivity contribution in [3.63, 3.8) is 0 Å². The molecule has 2 heterocycles. The van der Waals surface area contributed by atoms with E-state index in [0.717, 1.165) is 28.5 Å². The lowest BCUT2D eigenvalue weighted by Crippen LogP contribution is -2.37. The summed E-state index contributed by atoms with van der Waals surface area (Å²) in [4.78, 5) is 4.13. The summed E-state index contributed by atoms with van der Waals surface area (Å²) in [5, 5.41) is 0.752. The maximum atomic E-state index is 13.2. The quantitative estimate of drug-likeness (QED) is 0.443. The Kier molecular flexibility index (Phi) is 7.10. The lowest BCUT2D eigenvalue weighted by atomic mass is 10.0. The zero-order chi connectivity index (χ0) is 20.8. The van der Waals surface area contributed by atoms with Gasteiger partial charge in [-0.05, 0) is 41.8 Å². The summed E-state index contributed by atoms with van der Waals surface area (Å²) in [6.45, 7) is 1.14. The number of hydrogen-bond donors (Lipinski definition) is 0. The monoisotopic (exact) mass is 446 g/mol. The van der Waals surface area contributed by atoms with Crippen LogP contribution in [0.15, 0.2) is 67.3 Å². The molecule has 0 bridgehead atoms. The number of halogens is 2. The van der Waals surface area contributed by atoms with Gasteiger partial charge in [-0.25, -0.2) is 9.37 Å². The van der Waals surface area contributed by atoms with Crippen molar-refractivity contribution in [1.82, 2.24) is 9.55 Å². The van der Waals surface area contributed by atoms with Gasteiger partial charge in [-0.15, -0.1) is 0 Å². The van der Waals surface area contributed by atoms with Gasteiger partial charge in [0.1, 0.15) is 5.82 Å². The van der Waals surface area contributed by atoms with Crippen molar-refractivity contribution in [2.75, 3.05) is 12.4 Å². The van der Waals surface area contributed by atoms with Gasteiger partial charge in [-0.3, -0.25) is 0 Å². The SMILES string of the molecule is Fc1ccc(CCC2(Cn3ccnc3)OCC(CSCc3ccc(Cl)cc3)O2)cc1. The molecule has 30 heavy (non-hydrogen) atoms. The summed E-state index contributed by atoms with van der Waals surface area (Å²) in [5.41, 5.74) is 2.30. The molecule has 1 aliphatic heterocycles. The van der Waals surface area contributed by atoms with E-state index in [9.17, 15) is 4.39 Å². The van der Waals surface area contributed by atoms with Gasteiger partial charge in [0.05, 0.1) is 25.6 Å². The number of ether oxygens (including phenoxy) is 2. The average molecular weight is 447 g/mol. The molecule has 0 aliphatic carbocycles. The van der Waals surface area contributed by atoms with Crippen molar-refractivity contribution in [1.29, 1.82) is 0 Å². The van der Waals surface area contributed by atoms with Crippen LogP contribution in [0.25, 0.3) is 0 Å². The molecule has 3 aromatic rings. The van der Waals surface area contributed by atoms with Crippen molar-refractivity contribution in [2.24, 2.45) is 0 Å². The third-order valence-corrected chi connectivity index (χ3v) is 6.49. The van der Waals surface area contributed by atoms with Crippen LogP contribution in [0.1, 0.15) is 17.5 Å². The molecule has 0 saturated carbocycles. The highest BCUT2D eigenvalue weighted by atomic mass is 35.5. The van der Waals surface area contributed by atoms with Crippen LogP contribution in [0.4, 0.5) is 4.39 Å². The molecule has 2 atom stereocenters. The maximum absolute atomic E-state index is 13.2. The van der Waals surface area contributed by atoms with Crippen LogP contribution in [0, 0.1) is 5.82 Å². The molecule has 1 fully saturated rings. The second-order valence-electron chi connectivity index (χ2n) is 7.46. The molecule has 1 saturated heterocycles. The lowest BCUT2D eigenvalue weighted by Gasteiger charge is -2.28. The molecular weight excluding hydrogens is 423 g/mol. The third kappa shape index (κ3) is 5.85. The van der Waals surface area contributed by atoms with Crippen LogP contribution in [0.3, 0.4) is 0 Å². The first-order valence-electron chi connectivity index (χ1n) is 9.94. The molecule has 0 N–H and O–H groups in total. The Labute approximate surface area is 185 Å². The Morgan fingerprint density at radius 1 is 1.13 bits per heavy atom. The second kappa shape index (κ2) is 9.96. The fourth-order valence-corrected chi connectivity index (χ4v) is 4.62. The molecule has 0 amide bonds. The Hall–Kier alpha value is -1.86. The summed E-state index contributed by atoms with van der Waals surface area (Å²) in [6.07, 6.45) is 6.90. The van der Waals surface area contributed by atoms with Gasteiger partial charge in [0.25, 0.3) is 0 Å². The van der Waals surface area contributed by atoms with E-state index >= 15 is 0 Å². The highest BCUT2D eigenvalue weighted by Gasteiger charge is 2.41. The number of aromatic nitrogens is 2. The molecule has 158 valence electrons. The Balaban J connectivity index is 1.35. The molecule has 2 aromatic carbocycles.